The zero-order chi connectivity index (χ0) is 10.8. The molecule has 0 bridgehead atoms. The number of benzene rings is 1. The van der Waals surface area contributed by atoms with E-state index in [9.17, 15) is 5.11 Å². The van der Waals surface area contributed by atoms with E-state index < -0.39 is 0 Å². The summed E-state index contributed by atoms with van der Waals surface area (Å²) in [7, 11) is 0. The highest BCUT2D eigenvalue weighted by molar-refractivity contribution is 5.48. The van der Waals surface area contributed by atoms with Gasteiger partial charge in [-0.15, -0.1) is 0 Å². The average Bonchev–Trinajstić information content (AvgIpc) is 2.65. The number of phenolic OH excluding ortho intramolecular Hbond substituents is 1. The van der Waals surface area contributed by atoms with Crippen molar-refractivity contribution >= 4 is 0 Å². The summed E-state index contributed by atoms with van der Waals surface area (Å²) in [6, 6.07) is 5.33. The lowest BCUT2D eigenvalue weighted by Crippen LogP contribution is -2.00. The number of aromatic nitrogens is 2. The van der Waals surface area contributed by atoms with E-state index in [1.165, 1.54) is 0 Å². The Kier molecular flexibility index (Phi) is 2.43. The predicted molar refractivity (Wildman–Crippen MR) is 57.9 cm³/mol. The van der Waals surface area contributed by atoms with Crippen LogP contribution in [0.5, 0.6) is 5.75 Å². The number of nitrogens with two attached hydrogens (primary N) is 1. The normalized spacial score (nSPS) is 10.5. The van der Waals surface area contributed by atoms with Crippen molar-refractivity contribution in [1.82, 2.24) is 9.55 Å². The fourth-order valence-electron chi connectivity index (χ4n) is 1.52. The lowest BCUT2D eigenvalue weighted by Gasteiger charge is -2.09. The van der Waals surface area contributed by atoms with Crippen molar-refractivity contribution in [2.45, 2.75) is 13.5 Å². The zero-order valence-corrected chi connectivity index (χ0v) is 8.51. The minimum Gasteiger partial charge on any atom is -0.506 e. The van der Waals surface area contributed by atoms with Crippen molar-refractivity contribution in [2.24, 2.45) is 5.73 Å². The third-order valence-electron chi connectivity index (χ3n) is 2.36. The van der Waals surface area contributed by atoms with Gasteiger partial charge in [-0.2, -0.15) is 0 Å². The lowest BCUT2D eigenvalue weighted by atomic mass is 10.2. The van der Waals surface area contributed by atoms with E-state index in [4.69, 9.17) is 5.73 Å². The van der Waals surface area contributed by atoms with Gasteiger partial charge in [0.05, 0.1) is 5.69 Å². The zero-order valence-electron chi connectivity index (χ0n) is 8.51. The topological polar surface area (TPSA) is 64.1 Å². The Bertz CT molecular complexity index is 476. The molecule has 4 heteroatoms. The Morgan fingerprint density at radius 2 is 2.27 bits per heavy atom. The minimum absolute atomic E-state index is 0.230. The number of nitrogens with zero attached hydrogens (tertiary/aromatic N) is 2. The van der Waals surface area contributed by atoms with Gasteiger partial charge in [-0.05, 0) is 24.6 Å². The summed E-state index contributed by atoms with van der Waals surface area (Å²) in [4.78, 5) is 4.11. The molecular weight excluding hydrogens is 190 g/mol. The van der Waals surface area contributed by atoms with Crippen LogP contribution < -0.4 is 5.73 Å². The van der Waals surface area contributed by atoms with Gasteiger partial charge in [0, 0.05) is 18.9 Å². The van der Waals surface area contributed by atoms with E-state index >= 15 is 0 Å². The molecule has 0 aliphatic carbocycles. The molecule has 0 aliphatic rings. The van der Waals surface area contributed by atoms with Crippen LogP contribution >= 0.6 is 0 Å². The van der Waals surface area contributed by atoms with Gasteiger partial charge in [-0.25, -0.2) is 4.98 Å². The Hall–Kier alpha value is -1.81. The largest absolute Gasteiger partial charge is 0.506 e. The van der Waals surface area contributed by atoms with Gasteiger partial charge >= 0.3 is 0 Å². The third-order valence-corrected chi connectivity index (χ3v) is 2.36. The Morgan fingerprint density at radius 3 is 2.87 bits per heavy atom. The Balaban J connectivity index is 2.56. The molecule has 0 amide bonds. The van der Waals surface area contributed by atoms with Crippen LogP contribution in [0.15, 0.2) is 30.6 Å². The van der Waals surface area contributed by atoms with E-state index in [0.29, 0.717) is 12.2 Å². The second-order valence-corrected chi connectivity index (χ2v) is 3.37. The third kappa shape index (κ3) is 1.71. The second-order valence-electron chi connectivity index (χ2n) is 3.37. The van der Waals surface area contributed by atoms with Crippen molar-refractivity contribution in [2.75, 3.05) is 0 Å². The maximum Gasteiger partial charge on any atom is 0.139 e. The molecule has 2 rings (SSSR count). The van der Waals surface area contributed by atoms with Crippen LogP contribution in [0.2, 0.25) is 0 Å². The Morgan fingerprint density at radius 1 is 1.47 bits per heavy atom. The lowest BCUT2D eigenvalue weighted by molar-refractivity contribution is 0.471. The van der Waals surface area contributed by atoms with Gasteiger partial charge in [0.25, 0.3) is 0 Å². The highest BCUT2D eigenvalue weighted by atomic mass is 16.3. The minimum atomic E-state index is 0.230. The SMILES string of the molecule is Cc1nccn1-c1cc(CN)ccc1O. The van der Waals surface area contributed by atoms with Crippen LogP contribution in [-0.2, 0) is 6.54 Å². The van der Waals surface area contributed by atoms with Gasteiger partial charge in [0.1, 0.15) is 11.6 Å². The maximum absolute atomic E-state index is 9.74. The molecule has 0 saturated heterocycles. The molecule has 0 aliphatic heterocycles. The molecule has 1 heterocycles. The molecule has 0 saturated carbocycles. The fourth-order valence-corrected chi connectivity index (χ4v) is 1.52. The highest BCUT2D eigenvalue weighted by Crippen LogP contribution is 2.23. The summed E-state index contributed by atoms with van der Waals surface area (Å²) in [6.45, 7) is 2.34. The van der Waals surface area contributed by atoms with Crippen LogP contribution in [0.25, 0.3) is 5.69 Å². The van der Waals surface area contributed by atoms with E-state index in [1.807, 2.05) is 29.8 Å². The first-order valence-corrected chi connectivity index (χ1v) is 4.74. The molecule has 0 spiro atoms. The second kappa shape index (κ2) is 3.74. The van der Waals surface area contributed by atoms with Crippen molar-refractivity contribution in [3.05, 3.63) is 42.0 Å². The molecular formula is C11H13N3O. The number of aromatic hydroxyl groups is 1. The van der Waals surface area contributed by atoms with E-state index in [0.717, 1.165) is 11.4 Å². The first kappa shape index (κ1) is 9.73. The molecule has 4 nitrogen and oxygen atoms in total. The summed E-state index contributed by atoms with van der Waals surface area (Å²) >= 11 is 0. The highest BCUT2D eigenvalue weighted by Gasteiger charge is 2.06. The molecule has 0 fully saturated rings. The smallest absolute Gasteiger partial charge is 0.139 e. The van der Waals surface area contributed by atoms with Crippen LogP contribution in [0.3, 0.4) is 0 Å². The molecule has 0 radical (unpaired) electrons. The van der Waals surface area contributed by atoms with Crippen molar-refractivity contribution in [3.8, 4) is 11.4 Å². The van der Waals surface area contributed by atoms with Gasteiger partial charge in [0.2, 0.25) is 0 Å². The summed E-state index contributed by atoms with van der Waals surface area (Å²) in [6.07, 6.45) is 3.51. The number of phenols is 1. The Labute approximate surface area is 88.0 Å². The van der Waals surface area contributed by atoms with Gasteiger partial charge in [-0.1, -0.05) is 6.07 Å². The first-order valence-electron chi connectivity index (χ1n) is 4.74. The maximum atomic E-state index is 9.74. The van der Waals surface area contributed by atoms with E-state index in [2.05, 4.69) is 4.98 Å². The van der Waals surface area contributed by atoms with Gasteiger partial charge < -0.3 is 15.4 Å². The number of imidazole rings is 1. The summed E-state index contributed by atoms with van der Waals surface area (Å²) in [5.41, 5.74) is 7.25. The summed E-state index contributed by atoms with van der Waals surface area (Å²) in [5.74, 6) is 1.06. The first-order chi connectivity index (χ1) is 7.22. The van der Waals surface area contributed by atoms with E-state index in [1.54, 1.807) is 12.3 Å². The van der Waals surface area contributed by atoms with Crippen molar-refractivity contribution in [1.29, 1.82) is 0 Å². The molecule has 1 aromatic carbocycles. The van der Waals surface area contributed by atoms with Crippen molar-refractivity contribution in [3.63, 3.8) is 0 Å². The van der Waals surface area contributed by atoms with Crippen LogP contribution in [0.4, 0.5) is 0 Å². The van der Waals surface area contributed by atoms with Gasteiger partial charge in [0.15, 0.2) is 0 Å². The number of hydrogen-bond acceptors (Lipinski definition) is 3. The molecule has 15 heavy (non-hydrogen) atoms. The predicted octanol–water partition coefficient (Wildman–Crippen LogP) is 1.35. The van der Waals surface area contributed by atoms with Gasteiger partial charge in [-0.3, -0.25) is 0 Å². The van der Waals surface area contributed by atoms with Crippen molar-refractivity contribution < 1.29 is 5.11 Å². The molecule has 0 unspecified atom stereocenters. The quantitative estimate of drug-likeness (QED) is 0.774. The number of aryl methyl sites for hydroxylation is 1. The standard InChI is InChI=1S/C11H13N3O/c1-8-13-4-5-14(8)10-6-9(7-12)2-3-11(10)15/h2-6,15H,7,12H2,1H3. The van der Waals surface area contributed by atoms with Crippen LogP contribution in [0.1, 0.15) is 11.4 Å². The molecule has 2 aromatic rings. The molecule has 1 aromatic heterocycles. The molecule has 78 valence electrons. The fraction of sp³-hybridized carbons (Fsp3) is 0.182. The van der Waals surface area contributed by atoms with E-state index in [-0.39, 0.29) is 5.75 Å². The number of rotatable bonds is 2. The number of hydrogen-bond donors (Lipinski definition) is 2. The molecule has 0 atom stereocenters. The monoisotopic (exact) mass is 203 g/mol. The summed E-state index contributed by atoms with van der Waals surface area (Å²) < 4.78 is 1.83. The average molecular weight is 203 g/mol. The summed E-state index contributed by atoms with van der Waals surface area (Å²) in [5, 5.41) is 9.74. The van der Waals surface area contributed by atoms with Crippen LogP contribution in [-0.4, -0.2) is 14.7 Å². The van der Waals surface area contributed by atoms with Crippen LogP contribution in [0, 0.1) is 6.92 Å². The molecule has 3 N–H and O–H groups in total.